The number of nitrogens with one attached hydrogen (secondary N) is 1. The van der Waals surface area contributed by atoms with Crippen molar-refractivity contribution in [2.24, 2.45) is 23.2 Å². The van der Waals surface area contributed by atoms with Crippen LogP contribution in [0.1, 0.15) is 61.1 Å². The Labute approximate surface area is 200 Å². The smallest absolute Gasteiger partial charge is 0.230 e. The molecule has 34 heavy (non-hydrogen) atoms. The normalized spacial score (nSPS) is 27.1. The number of para-hydroxylation sites is 1. The van der Waals surface area contributed by atoms with Crippen LogP contribution in [0.25, 0.3) is 0 Å². The molecule has 0 heterocycles. The summed E-state index contributed by atoms with van der Waals surface area (Å²) < 4.78 is 0. The maximum absolute atomic E-state index is 13.8. The second-order valence-corrected chi connectivity index (χ2v) is 10.9. The summed E-state index contributed by atoms with van der Waals surface area (Å²) in [7, 11) is 0. The zero-order valence-corrected chi connectivity index (χ0v) is 19.3. The van der Waals surface area contributed by atoms with Gasteiger partial charge in [-0.05, 0) is 103 Å². The Hall–Kier alpha value is -3.27. The van der Waals surface area contributed by atoms with Crippen LogP contribution in [0.2, 0.25) is 0 Å². The molecule has 4 nitrogen and oxygen atoms in total. The molecule has 3 aromatic rings. The maximum Gasteiger partial charge on any atom is 0.230 e. The van der Waals surface area contributed by atoms with Crippen LogP contribution in [0.15, 0.2) is 72.8 Å². The minimum absolute atomic E-state index is 0.144. The molecule has 0 atom stereocenters. The summed E-state index contributed by atoms with van der Waals surface area (Å²) >= 11 is 0. The minimum Gasteiger partial charge on any atom is -0.508 e. The third kappa shape index (κ3) is 3.75. The standard InChI is InChI=1S/C30H31NO3/c32-24-9-5-22(6-10-24)28(23-7-11-25(33)12-8-23)26-3-1-2-4-27(26)31-29(34)30-16-19-13-20(17-30)15-21(14-19)18-30/h1-12,19-21,28,32-33H,13-18H2,(H,31,34). The fraction of sp³-hybridized carbons (Fsp3) is 0.367. The molecule has 0 aliphatic heterocycles. The monoisotopic (exact) mass is 453 g/mol. The molecular formula is C30H31NO3. The van der Waals surface area contributed by atoms with Crippen molar-refractivity contribution in [3.63, 3.8) is 0 Å². The maximum atomic E-state index is 13.8. The first-order valence-electron chi connectivity index (χ1n) is 12.5. The fourth-order valence-corrected chi connectivity index (χ4v) is 7.39. The predicted octanol–water partition coefficient (Wildman–Crippen LogP) is 6.43. The number of aromatic hydroxyl groups is 2. The number of hydrogen-bond donors (Lipinski definition) is 3. The highest BCUT2D eigenvalue weighted by molar-refractivity contribution is 5.96. The molecule has 3 N–H and O–H groups in total. The molecule has 4 aliphatic rings. The summed E-state index contributed by atoms with van der Waals surface area (Å²) in [5.74, 6) is 2.63. The topological polar surface area (TPSA) is 69.6 Å². The van der Waals surface area contributed by atoms with E-state index < -0.39 is 0 Å². The average molecular weight is 454 g/mol. The number of amides is 1. The van der Waals surface area contributed by atoms with Gasteiger partial charge >= 0.3 is 0 Å². The van der Waals surface area contributed by atoms with Gasteiger partial charge in [-0.3, -0.25) is 4.79 Å². The third-order valence-corrected chi connectivity index (χ3v) is 8.49. The van der Waals surface area contributed by atoms with Crippen LogP contribution in [-0.4, -0.2) is 16.1 Å². The van der Waals surface area contributed by atoms with Crippen molar-refractivity contribution in [3.8, 4) is 11.5 Å². The zero-order chi connectivity index (χ0) is 23.3. The Morgan fingerprint density at radius 2 is 1.21 bits per heavy atom. The summed E-state index contributed by atoms with van der Waals surface area (Å²) in [6.45, 7) is 0. The highest BCUT2D eigenvalue weighted by Crippen LogP contribution is 2.60. The Morgan fingerprint density at radius 3 is 1.71 bits per heavy atom. The zero-order valence-electron chi connectivity index (χ0n) is 19.3. The Balaban J connectivity index is 1.37. The molecule has 4 heteroatoms. The van der Waals surface area contributed by atoms with Crippen LogP contribution in [0.4, 0.5) is 5.69 Å². The molecule has 4 aliphatic carbocycles. The predicted molar refractivity (Wildman–Crippen MR) is 133 cm³/mol. The Kier molecular flexibility index (Phi) is 5.13. The van der Waals surface area contributed by atoms with Crippen LogP contribution in [0, 0.1) is 23.2 Å². The number of rotatable bonds is 5. The molecule has 0 unspecified atom stereocenters. The number of carbonyl (C=O) groups excluding carboxylic acids is 1. The van der Waals surface area contributed by atoms with Crippen LogP contribution < -0.4 is 5.32 Å². The molecular weight excluding hydrogens is 422 g/mol. The molecule has 0 saturated heterocycles. The first kappa shape index (κ1) is 21.3. The SMILES string of the molecule is O=C(Nc1ccccc1C(c1ccc(O)cc1)c1ccc(O)cc1)C12CC3CC(CC(C3)C1)C2. The summed E-state index contributed by atoms with van der Waals surface area (Å²) in [4.78, 5) is 13.8. The molecule has 4 fully saturated rings. The van der Waals surface area contributed by atoms with E-state index in [1.165, 1.54) is 19.3 Å². The second kappa shape index (κ2) is 8.19. The molecule has 0 spiro atoms. The lowest BCUT2D eigenvalue weighted by Gasteiger charge is -2.55. The summed E-state index contributed by atoms with van der Waals surface area (Å²) in [5, 5.41) is 23.1. The van der Waals surface area contributed by atoms with Gasteiger partial charge in [0.25, 0.3) is 0 Å². The molecule has 4 saturated carbocycles. The summed E-state index contributed by atoms with van der Waals surface area (Å²) in [5.41, 5.74) is 3.67. The lowest BCUT2D eigenvalue weighted by molar-refractivity contribution is -0.140. The molecule has 7 rings (SSSR count). The van der Waals surface area contributed by atoms with Crippen LogP contribution in [0.3, 0.4) is 0 Å². The van der Waals surface area contributed by atoms with Gasteiger partial charge in [0.15, 0.2) is 0 Å². The molecule has 0 radical (unpaired) electrons. The van der Waals surface area contributed by atoms with Crippen LogP contribution in [0.5, 0.6) is 11.5 Å². The average Bonchev–Trinajstić information content (AvgIpc) is 2.82. The van der Waals surface area contributed by atoms with E-state index >= 15 is 0 Å². The minimum atomic E-state index is -0.214. The van der Waals surface area contributed by atoms with Crippen LogP contribution >= 0.6 is 0 Å². The van der Waals surface area contributed by atoms with E-state index in [2.05, 4.69) is 11.4 Å². The number of hydrogen-bond acceptors (Lipinski definition) is 3. The number of phenols is 2. The van der Waals surface area contributed by atoms with Crippen molar-refractivity contribution in [1.29, 1.82) is 0 Å². The third-order valence-electron chi connectivity index (χ3n) is 8.49. The van der Waals surface area contributed by atoms with Gasteiger partial charge in [0.2, 0.25) is 5.91 Å². The Bertz CT molecular complexity index is 1120. The van der Waals surface area contributed by atoms with Gasteiger partial charge < -0.3 is 15.5 Å². The number of carbonyl (C=O) groups is 1. The van der Waals surface area contributed by atoms with E-state index in [0.717, 1.165) is 41.6 Å². The molecule has 174 valence electrons. The first-order valence-corrected chi connectivity index (χ1v) is 12.5. The first-order chi connectivity index (χ1) is 16.5. The molecule has 0 aromatic heterocycles. The van der Waals surface area contributed by atoms with E-state index in [1.54, 1.807) is 24.3 Å². The molecule has 1 amide bonds. The van der Waals surface area contributed by atoms with Gasteiger partial charge in [0.1, 0.15) is 11.5 Å². The molecule has 4 bridgehead atoms. The van der Waals surface area contributed by atoms with E-state index in [-0.39, 0.29) is 28.7 Å². The second-order valence-electron chi connectivity index (χ2n) is 10.9. The summed E-state index contributed by atoms with van der Waals surface area (Å²) in [6, 6.07) is 22.5. The van der Waals surface area contributed by atoms with Gasteiger partial charge in [-0.1, -0.05) is 42.5 Å². The highest BCUT2D eigenvalue weighted by atomic mass is 16.3. The molecule has 3 aromatic carbocycles. The van der Waals surface area contributed by atoms with Gasteiger partial charge in [-0.25, -0.2) is 0 Å². The van der Waals surface area contributed by atoms with Crippen molar-refractivity contribution in [3.05, 3.63) is 89.5 Å². The Morgan fingerprint density at radius 1 is 0.735 bits per heavy atom. The number of benzene rings is 3. The van der Waals surface area contributed by atoms with Crippen molar-refractivity contribution in [1.82, 2.24) is 0 Å². The van der Waals surface area contributed by atoms with Crippen molar-refractivity contribution < 1.29 is 15.0 Å². The fourth-order valence-electron chi connectivity index (χ4n) is 7.39. The van der Waals surface area contributed by atoms with Gasteiger partial charge in [0, 0.05) is 11.6 Å². The largest absolute Gasteiger partial charge is 0.508 e. The van der Waals surface area contributed by atoms with Crippen molar-refractivity contribution in [2.45, 2.75) is 44.4 Å². The van der Waals surface area contributed by atoms with E-state index in [1.807, 2.05) is 42.5 Å². The van der Waals surface area contributed by atoms with E-state index in [4.69, 9.17) is 0 Å². The van der Waals surface area contributed by atoms with E-state index in [9.17, 15) is 15.0 Å². The van der Waals surface area contributed by atoms with Crippen molar-refractivity contribution >= 4 is 11.6 Å². The lowest BCUT2D eigenvalue weighted by atomic mass is 9.49. The summed E-state index contributed by atoms with van der Waals surface area (Å²) in [6.07, 6.45) is 7.04. The highest BCUT2D eigenvalue weighted by Gasteiger charge is 2.54. The van der Waals surface area contributed by atoms with E-state index in [0.29, 0.717) is 17.8 Å². The van der Waals surface area contributed by atoms with Crippen molar-refractivity contribution in [2.75, 3.05) is 5.32 Å². The quantitative estimate of drug-likeness (QED) is 0.390. The van der Waals surface area contributed by atoms with Gasteiger partial charge in [-0.15, -0.1) is 0 Å². The number of anilines is 1. The van der Waals surface area contributed by atoms with Gasteiger partial charge in [0.05, 0.1) is 5.41 Å². The lowest BCUT2D eigenvalue weighted by Crippen LogP contribution is -2.51. The van der Waals surface area contributed by atoms with Gasteiger partial charge in [-0.2, -0.15) is 0 Å². The number of phenolic OH excluding ortho intramolecular Hbond substituents is 2. The van der Waals surface area contributed by atoms with Crippen LogP contribution in [-0.2, 0) is 4.79 Å².